The molecule has 0 unspecified atom stereocenters. The Morgan fingerprint density at radius 2 is 1.84 bits per heavy atom. The fourth-order valence-corrected chi connectivity index (χ4v) is 4.49. The average Bonchev–Trinajstić information content (AvgIpc) is 2.71. The molecule has 0 aromatic heterocycles. The second-order valence-corrected chi connectivity index (χ2v) is 9.84. The number of hydrogen-bond donors (Lipinski definition) is 0. The van der Waals surface area contributed by atoms with E-state index in [1.807, 2.05) is 23.8 Å². The molecule has 32 heavy (non-hydrogen) atoms. The van der Waals surface area contributed by atoms with E-state index in [9.17, 15) is 18.0 Å². The van der Waals surface area contributed by atoms with Crippen molar-refractivity contribution >= 4 is 11.5 Å². The van der Waals surface area contributed by atoms with Gasteiger partial charge in [0, 0.05) is 30.6 Å². The van der Waals surface area contributed by atoms with E-state index in [1.165, 1.54) is 19.9 Å². The molecular formula is C27H36F3NO. The average molecular weight is 448 g/mol. The van der Waals surface area contributed by atoms with E-state index in [2.05, 4.69) is 20.4 Å². The number of alkyl halides is 2. The van der Waals surface area contributed by atoms with Gasteiger partial charge >= 0.3 is 0 Å². The SMILES string of the molecule is C=C(CN(C(=C=O)/C(C)=C(/C)C(C)(F)F)C1CCC(C)(C)CC1)c1c(F)cccc1CC. The van der Waals surface area contributed by atoms with E-state index in [0.717, 1.165) is 38.2 Å². The number of carbonyl (C=O) groups excluding carboxylic acids is 1. The summed E-state index contributed by atoms with van der Waals surface area (Å²) in [5.74, 6) is -1.47. The Kier molecular flexibility index (Phi) is 8.22. The summed E-state index contributed by atoms with van der Waals surface area (Å²) in [6, 6.07) is 4.90. The van der Waals surface area contributed by atoms with Gasteiger partial charge in [-0.1, -0.05) is 39.5 Å². The third-order valence-electron chi connectivity index (χ3n) is 6.91. The molecule has 2 nitrogen and oxygen atoms in total. The van der Waals surface area contributed by atoms with Crippen LogP contribution >= 0.6 is 0 Å². The lowest BCUT2D eigenvalue weighted by molar-refractivity contribution is 0.0620. The highest BCUT2D eigenvalue weighted by molar-refractivity contribution is 5.70. The van der Waals surface area contributed by atoms with E-state index in [4.69, 9.17) is 0 Å². The van der Waals surface area contributed by atoms with Crippen LogP contribution in [0.3, 0.4) is 0 Å². The van der Waals surface area contributed by atoms with Crippen molar-refractivity contribution < 1.29 is 18.0 Å². The molecule has 0 radical (unpaired) electrons. The largest absolute Gasteiger partial charge is 0.355 e. The minimum absolute atomic E-state index is 0.0266. The lowest BCUT2D eigenvalue weighted by atomic mass is 9.75. The maximum atomic E-state index is 14.7. The highest BCUT2D eigenvalue weighted by atomic mass is 19.3. The van der Waals surface area contributed by atoms with E-state index in [0.29, 0.717) is 17.6 Å². The third kappa shape index (κ3) is 5.95. The molecular weight excluding hydrogens is 411 g/mol. The van der Waals surface area contributed by atoms with Gasteiger partial charge in [0.25, 0.3) is 5.92 Å². The normalized spacial score (nSPS) is 17.4. The van der Waals surface area contributed by atoms with Gasteiger partial charge in [0.1, 0.15) is 11.5 Å². The van der Waals surface area contributed by atoms with Gasteiger partial charge in [-0.25, -0.2) is 18.0 Å². The van der Waals surface area contributed by atoms with Crippen molar-refractivity contribution in [3.05, 3.63) is 58.6 Å². The van der Waals surface area contributed by atoms with Gasteiger partial charge < -0.3 is 4.90 Å². The Morgan fingerprint density at radius 3 is 2.34 bits per heavy atom. The fraction of sp³-hybridized carbons (Fsp3) is 0.556. The van der Waals surface area contributed by atoms with Crippen molar-refractivity contribution in [2.24, 2.45) is 5.41 Å². The van der Waals surface area contributed by atoms with Gasteiger partial charge in [-0.2, -0.15) is 0 Å². The number of halogens is 3. The molecule has 1 aromatic rings. The van der Waals surface area contributed by atoms with Crippen LogP contribution < -0.4 is 0 Å². The minimum atomic E-state index is -3.05. The summed E-state index contributed by atoms with van der Waals surface area (Å²) in [6.45, 7) is 14.4. The molecule has 0 saturated heterocycles. The number of aryl methyl sites for hydroxylation is 1. The number of allylic oxidation sites excluding steroid dienone is 2. The van der Waals surface area contributed by atoms with Crippen LogP contribution in [-0.4, -0.2) is 29.4 Å². The van der Waals surface area contributed by atoms with Crippen LogP contribution in [0.4, 0.5) is 13.2 Å². The molecule has 0 atom stereocenters. The Bertz CT molecular complexity index is 923. The van der Waals surface area contributed by atoms with Gasteiger partial charge in [-0.3, -0.25) is 0 Å². The van der Waals surface area contributed by atoms with Crippen molar-refractivity contribution in [2.75, 3.05) is 6.54 Å². The molecule has 1 aliphatic rings. The van der Waals surface area contributed by atoms with E-state index in [1.54, 1.807) is 6.07 Å². The molecule has 1 aliphatic carbocycles. The highest BCUT2D eigenvalue weighted by Crippen LogP contribution is 2.40. The van der Waals surface area contributed by atoms with Crippen molar-refractivity contribution in [2.45, 2.75) is 85.6 Å². The van der Waals surface area contributed by atoms with Crippen LogP contribution in [0, 0.1) is 11.2 Å². The molecule has 5 heteroatoms. The van der Waals surface area contributed by atoms with Crippen LogP contribution in [0.1, 0.15) is 78.4 Å². The summed E-state index contributed by atoms with van der Waals surface area (Å²) < 4.78 is 42.9. The summed E-state index contributed by atoms with van der Waals surface area (Å²) >= 11 is 0. The Balaban J connectivity index is 2.51. The summed E-state index contributed by atoms with van der Waals surface area (Å²) in [7, 11) is 0. The van der Waals surface area contributed by atoms with Gasteiger partial charge in [-0.05, 0) is 74.1 Å². The molecule has 2 rings (SSSR count). The Hall–Kier alpha value is -2.26. The first-order valence-corrected chi connectivity index (χ1v) is 11.4. The second-order valence-electron chi connectivity index (χ2n) is 9.84. The highest BCUT2D eigenvalue weighted by Gasteiger charge is 2.34. The first-order valence-electron chi connectivity index (χ1n) is 11.4. The van der Waals surface area contributed by atoms with Gasteiger partial charge in [0.05, 0.1) is 0 Å². The summed E-state index contributed by atoms with van der Waals surface area (Å²) in [5, 5.41) is 0. The van der Waals surface area contributed by atoms with Crippen LogP contribution in [0.5, 0.6) is 0 Å². The lowest BCUT2D eigenvalue weighted by Gasteiger charge is -2.42. The first kappa shape index (κ1) is 26.0. The fourth-order valence-electron chi connectivity index (χ4n) is 4.49. The zero-order chi connectivity index (χ0) is 24.3. The van der Waals surface area contributed by atoms with Crippen molar-refractivity contribution in [1.82, 2.24) is 4.90 Å². The zero-order valence-electron chi connectivity index (χ0n) is 20.2. The van der Waals surface area contributed by atoms with E-state index in [-0.39, 0.29) is 40.7 Å². The van der Waals surface area contributed by atoms with Crippen LogP contribution in [0.25, 0.3) is 5.57 Å². The predicted molar refractivity (Wildman–Crippen MR) is 126 cm³/mol. The quantitative estimate of drug-likeness (QED) is 0.306. The van der Waals surface area contributed by atoms with Gasteiger partial charge in [0.15, 0.2) is 5.94 Å². The number of benzene rings is 1. The Morgan fingerprint density at radius 1 is 1.25 bits per heavy atom. The topological polar surface area (TPSA) is 20.3 Å². The summed E-state index contributed by atoms with van der Waals surface area (Å²) in [6.07, 6.45) is 4.19. The summed E-state index contributed by atoms with van der Waals surface area (Å²) in [5.41, 5.74) is 2.18. The van der Waals surface area contributed by atoms with Crippen molar-refractivity contribution in [3.8, 4) is 0 Å². The molecule has 176 valence electrons. The number of nitrogens with zero attached hydrogens (tertiary/aromatic N) is 1. The summed E-state index contributed by atoms with van der Waals surface area (Å²) in [4.78, 5) is 13.9. The predicted octanol–water partition coefficient (Wildman–Crippen LogP) is 7.38. The second kappa shape index (κ2) is 10.1. The maximum absolute atomic E-state index is 14.7. The van der Waals surface area contributed by atoms with E-state index < -0.39 is 5.92 Å². The van der Waals surface area contributed by atoms with Gasteiger partial charge in [0.2, 0.25) is 0 Å². The van der Waals surface area contributed by atoms with Crippen LogP contribution in [0.15, 0.2) is 41.6 Å². The monoisotopic (exact) mass is 447 g/mol. The molecule has 1 fully saturated rings. The molecule has 0 spiro atoms. The van der Waals surface area contributed by atoms with Crippen molar-refractivity contribution in [3.63, 3.8) is 0 Å². The number of rotatable bonds is 8. The molecule has 0 N–H and O–H groups in total. The van der Waals surface area contributed by atoms with Gasteiger partial charge in [-0.15, -0.1) is 0 Å². The van der Waals surface area contributed by atoms with Crippen LogP contribution in [-0.2, 0) is 11.2 Å². The van der Waals surface area contributed by atoms with Crippen molar-refractivity contribution in [1.29, 1.82) is 0 Å². The first-order chi connectivity index (χ1) is 14.8. The smallest absolute Gasteiger partial charge is 0.266 e. The minimum Gasteiger partial charge on any atom is -0.355 e. The Labute approximate surface area is 190 Å². The third-order valence-corrected chi connectivity index (χ3v) is 6.91. The lowest BCUT2D eigenvalue weighted by Crippen LogP contribution is -2.41. The molecule has 1 saturated carbocycles. The zero-order valence-corrected chi connectivity index (χ0v) is 20.2. The standard InChI is InChI=1S/C27H36F3NO/c1-8-21-10-9-11-23(28)25(21)18(2)16-31(22-12-14-26(5,6)15-13-22)24(17-32)19(3)20(4)27(7,29)30/h9-11,22H,2,8,12-16H2,1,3-7H3/b20-19-. The number of hydrogen-bond acceptors (Lipinski definition) is 2. The molecule has 0 heterocycles. The molecule has 1 aromatic carbocycles. The maximum Gasteiger partial charge on any atom is 0.266 e. The molecule has 0 amide bonds. The van der Waals surface area contributed by atoms with E-state index >= 15 is 0 Å². The molecule has 0 bridgehead atoms. The molecule has 0 aliphatic heterocycles. The van der Waals surface area contributed by atoms with Crippen LogP contribution in [0.2, 0.25) is 0 Å².